The highest BCUT2D eigenvalue weighted by Gasteiger charge is 2.44. The first-order chi connectivity index (χ1) is 9.94. The quantitative estimate of drug-likeness (QED) is 0.827. The van der Waals surface area contributed by atoms with Gasteiger partial charge >= 0.3 is 0 Å². The summed E-state index contributed by atoms with van der Waals surface area (Å²) < 4.78 is 23.4. The molecule has 0 aromatic carbocycles. The number of nitrogens with one attached hydrogen (secondary N) is 1. The highest BCUT2D eigenvalue weighted by Crippen LogP contribution is 2.35. The predicted molar refractivity (Wildman–Crippen MR) is 83.9 cm³/mol. The molecule has 2 unspecified atom stereocenters. The highest BCUT2D eigenvalue weighted by molar-refractivity contribution is 7.91. The molecule has 1 N–H and O–H groups in total. The normalized spacial score (nSPS) is 32.0. The van der Waals surface area contributed by atoms with E-state index in [2.05, 4.69) is 12.2 Å². The molecule has 0 bridgehead atoms. The Labute approximate surface area is 128 Å². The van der Waals surface area contributed by atoms with Crippen molar-refractivity contribution in [2.75, 3.05) is 31.1 Å². The summed E-state index contributed by atoms with van der Waals surface area (Å²) in [4.78, 5) is 15.0. The van der Waals surface area contributed by atoms with Crippen molar-refractivity contribution < 1.29 is 13.2 Å². The molecule has 2 rings (SSSR count). The van der Waals surface area contributed by atoms with Crippen molar-refractivity contribution in [3.63, 3.8) is 0 Å². The Morgan fingerprint density at radius 1 is 1.38 bits per heavy atom. The summed E-state index contributed by atoms with van der Waals surface area (Å²) in [7, 11) is -2.96. The topological polar surface area (TPSA) is 66.5 Å². The third-order valence-corrected chi connectivity index (χ3v) is 6.66. The summed E-state index contributed by atoms with van der Waals surface area (Å²) in [5.74, 6) is 0.532. The Bertz CT molecular complexity index is 464. The van der Waals surface area contributed by atoms with Gasteiger partial charge in [-0.2, -0.15) is 0 Å². The lowest BCUT2D eigenvalue weighted by atomic mass is 9.75. The van der Waals surface area contributed by atoms with E-state index in [4.69, 9.17) is 0 Å². The molecule has 122 valence electrons. The molecule has 0 aromatic rings. The number of hydrogen-bond donors (Lipinski definition) is 1. The summed E-state index contributed by atoms with van der Waals surface area (Å²) in [5, 5.41) is 3.36. The molecule has 2 saturated heterocycles. The highest BCUT2D eigenvalue weighted by atomic mass is 32.2. The van der Waals surface area contributed by atoms with Crippen LogP contribution < -0.4 is 5.32 Å². The van der Waals surface area contributed by atoms with Gasteiger partial charge < -0.3 is 10.2 Å². The zero-order valence-corrected chi connectivity index (χ0v) is 14.0. The Kier molecular flexibility index (Phi) is 5.30. The number of nitrogens with zero attached hydrogens (tertiary/aromatic N) is 1. The van der Waals surface area contributed by atoms with Crippen LogP contribution in [0.3, 0.4) is 0 Å². The fourth-order valence-corrected chi connectivity index (χ4v) is 5.57. The number of amides is 1. The Balaban J connectivity index is 2.17. The van der Waals surface area contributed by atoms with Crippen LogP contribution >= 0.6 is 0 Å². The van der Waals surface area contributed by atoms with Crippen LogP contribution in [-0.2, 0) is 14.6 Å². The predicted octanol–water partition coefficient (Wildman–Crippen LogP) is 1.19. The van der Waals surface area contributed by atoms with E-state index in [9.17, 15) is 13.2 Å². The largest absolute Gasteiger partial charge is 0.338 e. The van der Waals surface area contributed by atoms with E-state index in [0.29, 0.717) is 13.0 Å². The van der Waals surface area contributed by atoms with Gasteiger partial charge in [-0.1, -0.05) is 13.3 Å². The van der Waals surface area contributed by atoms with Crippen LogP contribution in [0.4, 0.5) is 0 Å². The number of hydrogen-bond acceptors (Lipinski definition) is 4. The van der Waals surface area contributed by atoms with Crippen molar-refractivity contribution in [2.45, 2.75) is 52.0 Å². The molecule has 2 heterocycles. The SMILES string of the molecule is CCCC1(C(=O)N(CC)C2CCS(=O)(=O)C2)CCCNC1. The molecule has 0 aromatic heterocycles. The molecule has 2 atom stereocenters. The Morgan fingerprint density at radius 2 is 2.14 bits per heavy atom. The minimum absolute atomic E-state index is 0.122. The van der Waals surface area contributed by atoms with Crippen molar-refractivity contribution in [3.05, 3.63) is 0 Å². The lowest BCUT2D eigenvalue weighted by Crippen LogP contribution is -2.54. The second-order valence-electron chi connectivity index (χ2n) is 6.46. The molecule has 0 aliphatic carbocycles. The molecule has 2 aliphatic heterocycles. The average molecular weight is 316 g/mol. The molecular weight excluding hydrogens is 288 g/mol. The van der Waals surface area contributed by atoms with Crippen LogP contribution in [0.5, 0.6) is 0 Å². The molecule has 2 fully saturated rings. The lowest BCUT2D eigenvalue weighted by Gasteiger charge is -2.41. The molecule has 6 heteroatoms. The van der Waals surface area contributed by atoms with Crippen LogP contribution in [0.1, 0.15) is 46.0 Å². The molecule has 0 radical (unpaired) electrons. The summed E-state index contributed by atoms with van der Waals surface area (Å²) in [6.45, 7) is 6.38. The molecular formula is C15H28N2O3S. The first-order valence-corrected chi connectivity index (χ1v) is 9.98. The number of carbonyl (C=O) groups is 1. The van der Waals surface area contributed by atoms with E-state index in [0.717, 1.165) is 38.8 Å². The van der Waals surface area contributed by atoms with Gasteiger partial charge in [0.1, 0.15) is 0 Å². The molecule has 0 saturated carbocycles. The monoisotopic (exact) mass is 316 g/mol. The molecule has 0 spiro atoms. The zero-order chi connectivity index (χ0) is 15.5. The maximum atomic E-state index is 13.1. The van der Waals surface area contributed by atoms with Gasteiger partial charge in [0, 0.05) is 19.1 Å². The van der Waals surface area contributed by atoms with Crippen LogP contribution in [0.15, 0.2) is 0 Å². The van der Waals surface area contributed by atoms with Crippen LogP contribution in [0, 0.1) is 5.41 Å². The first kappa shape index (κ1) is 16.7. The van der Waals surface area contributed by atoms with Gasteiger partial charge in [-0.3, -0.25) is 4.79 Å². The van der Waals surface area contributed by atoms with Gasteiger partial charge in [0.05, 0.1) is 16.9 Å². The molecule has 21 heavy (non-hydrogen) atoms. The van der Waals surface area contributed by atoms with E-state index < -0.39 is 9.84 Å². The third-order valence-electron chi connectivity index (χ3n) is 4.91. The molecule has 1 amide bonds. The van der Waals surface area contributed by atoms with Crippen molar-refractivity contribution in [3.8, 4) is 0 Å². The third kappa shape index (κ3) is 3.59. The smallest absolute Gasteiger partial charge is 0.230 e. The number of piperidine rings is 1. The second-order valence-corrected chi connectivity index (χ2v) is 8.69. The molecule has 5 nitrogen and oxygen atoms in total. The lowest BCUT2D eigenvalue weighted by molar-refractivity contribution is -0.145. The van der Waals surface area contributed by atoms with Crippen LogP contribution in [-0.4, -0.2) is 56.4 Å². The van der Waals surface area contributed by atoms with E-state index >= 15 is 0 Å². The van der Waals surface area contributed by atoms with Crippen molar-refractivity contribution in [2.24, 2.45) is 5.41 Å². The zero-order valence-electron chi connectivity index (χ0n) is 13.2. The van der Waals surface area contributed by atoms with Gasteiger partial charge in [-0.05, 0) is 39.2 Å². The van der Waals surface area contributed by atoms with Crippen LogP contribution in [0.2, 0.25) is 0 Å². The minimum Gasteiger partial charge on any atom is -0.338 e. The fraction of sp³-hybridized carbons (Fsp3) is 0.933. The number of carbonyl (C=O) groups excluding carboxylic acids is 1. The number of sulfone groups is 1. The van der Waals surface area contributed by atoms with Crippen molar-refractivity contribution in [1.82, 2.24) is 10.2 Å². The Hall–Kier alpha value is -0.620. The summed E-state index contributed by atoms with van der Waals surface area (Å²) >= 11 is 0. The maximum Gasteiger partial charge on any atom is 0.230 e. The van der Waals surface area contributed by atoms with Gasteiger partial charge in [0.15, 0.2) is 9.84 Å². The van der Waals surface area contributed by atoms with Gasteiger partial charge in [-0.25, -0.2) is 8.42 Å². The van der Waals surface area contributed by atoms with E-state index in [1.807, 2.05) is 11.8 Å². The summed E-state index contributed by atoms with van der Waals surface area (Å²) in [6, 6.07) is -0.122. The van der Waals surface area contributed by atoms with E-state index in [1.165, 1.54) is 0 Å². The number of rotatable bonds is 5. The van der Waals surface area contributed by atoms with Gasteiger partial charge in [0.2, 0.25) is 5.91 Å². The second kappa shape index (κ2) is 6.65. The average Bonchev–Trinajstić information content (AvgIpc) is 2.81. The Morgan fingerprint density at radius 3 is 2.62 bits per heavy atom. The molecule has 2 aliphatic rings. The standard InChI is InChI=1S/C15H28N2O3S/c1-3-7-15(8-5-9-16-12-15)14(18)17(4-2)13-6-10-21(19,20)11-13/h13,16H,3-12H2,1-2H3. The van der Waals surface area contributed by atoms with Gasteiger partial charge in [-0.15, -0.1) is 0 Å². The maximum absolute atomic E-state index is 13.1. The van der Waals surface area contributed by atoms with Crippen molar-refractivity contribution in [1.29, 1.82) is 0 Å². The van der Waals surface area contributed by atoms with Gasteiger partial charge in [0.25, 0.3) is 0 Å². The first-order valence-electron chi connectivity index (χ1n) is 8.16. The van der Waals surface area contributed by atoms with Crippen molar-refractivity contribution >= 4 is 15.7 Å². The minimum atomic E-state index is -2.96. The van der Waals surface area contributed by atoms with Crippen LogP contribution in [0.25, 0.3) is 0 Å². The summed E-state index contributed by atoms with van der Waals surface area (Å²) in [5.41, 5.74) is -0.324. The van der Waals surface area contributed by atoms with E-state index in [1.54, 1.807) is 0 Å². The van der Waals surface area contributed by atoms with E-state index in [-0.39, 0.29) is 28.9 Å². The fourth-order valence-electron chi connectivity index (χ4n) is 3.84. The summed E-state index contributed by atoms with van der Waals surface area (Å²) in [6.07, 6.45) is 4.40.